The van der Waals surface area contributed by atoms with Gasteiger partial charge in [0.2, 0.25) is 0 Å². The van der Waals surface area contributed by atoms with Gasteiger partial charge in [-0.15, -0.1) is 0 Å². The summed E-state index contributed by atoms with van der Waals surface area (Å²) in [6, 6.07) is 59.0. The molecule has 0 saturated heterocycles. The molecule has 5 heteroatoms. The standard InChI is InChI=1S/C64H60N4O/c1-61(2,3)44-32-37-65-54(38-44)68-50-27-16-15-26-48(50)49-31-30-47(40-53(49)68)69-46-25-19-24-45(39-46)66-41-67(52-29-18-17-28-51(52)66)60-55(42-20-11-9-12-21-42)57-59-58(56(60)43-22-13-10-14-23-43)63(6,7)34-36-64(59,8)35-33-62(57,4)5/h9-32,37-40H,33-36H2,1-8H3. The van der Waals surface area contributed by atoms with Crippen molar-refractivity contribution in [2.45, 2.75) is 103 Å². The number of pyridine rings is 1. The van der Waals surface area contributed by atoms with Gasteiger partial charge in [-0.1, -0.05) is 165 Å². The molecule has 5 nitrogen and oxygen atoms in total. The van der Waals surface area contributed by atoms with Gasteiger partial charge in [0.05, 0.1) is 33.4 Å². The molecule has 69 heavy (non-hydrogen) atoms. The SMILES string of the molecule is CC(C)(C)c1ccnc(-n2c3ccccc3c3ccc(Oc4cccc(-n5[c-][n+](-c6c(-c7ccccc7)c7c8c(c6-c6ccccc6)C(C)(C)CCC8(C)CCC7(C)C)c6ccccc65)c4)cc32)c1. The van der Waals surface area contributed by atoms with Crippen molar-refractivity contribution in [1.29, 1.82) is 0 Å². The first-order valence-corrected chi connectivity index (χ1v) is 24.8. The van der Waals surface area contributed by atoms with Crippen molar-refractivity contribution in [3.63, 3.8) is 0 Å². The van der Waals surface area contributed by atoms with E-state index in [4.69, 9.17) is 9.72 Å². The van der Waals surface area contributed by atoms with E-state index in [0.29, 0.717) is 0 Å². The third-order valence-corrected chi connectivity index (χ3v) is 15.7. The normalized spacial score (nSPS) is 15.9. The highest BCUT2D eigenvalue weighted by molar-refractivity contribution is 6.09. The molecule has 2 aliphatic carbocycles. The number of aromatic nitrogens is 4. The second-order valence-corrected chi connectivity index (χ2v) is 22.3. The lowest BCUT2D eigenvalue weighted by Crippen LogP contribution is -2.45. The Bertz CT molecular complexity index is 3560. The maximum absolute atomic E-state index is 6.87. The molecule has 0 spiro atoms. The van der Waals surface area contributed by atoms with Gasteiger partial charge < -0.3 is 4.74 Å². The van der Waals surface area contributed by atoms with E-state index in [-0.39, 0.29) is 21.7 Å². The fourth-order valence-corrected chi connectivity index (χ4v) is 12.0. The summed E-state index contributed by atoms with van der Waals surface area (Å²) < 4.78 is 13.8. The Balaban J connectivity index is 1.06. The minimum Gasteiger partial charge on any atom is -0.458 e. The van der Waals surface area contributed by atoms with Crippen molar-refractivity contribution in [3.05, 3.63) is 199 Å². The number of benzene rings is 7. The minimum absolute atomic E-state index is 0.0156. The van der Waals surface area contributed by atoms with E-state index >= 15 is 0 Å². The molecule has 3 heterocycles. The average molecular weight is 901 g/mol. The zero-order valence-electron chi connectivity index (χ0n) is 41.2. The summed E-state index contributed by atoms with van der Waals surface area (Å²) in [6.45, 7) is 19.3. The van der Waals surface area contributed by atoms with Crippen LogP contribution in [0.5, 0.6) is 11.5 Å². The molecule has 3 aromatic heterocycles. The molecule has 7 aromatic carbocycles. The summed E-state index contributed by atoms with van der Waals surface area (Å²) >= 11 is 0. The lowest BCUT2D eigenvalue weighted by atomic mass is 9.51. The van der Waals surface area contributed by atoms with E-state index in [1.807, 2.05) is 12.3 Å². The van der Waals surface area contributed by atoms with Crippen molar-refractivity contribution in [3.8, 4) is 50.9 Å². The third kappa shape index (κ3) is 6.95. The van der Waals surface area contributed by atoms with Gasteiger partial charge in [-0.3, -0.25) is 13.7 Å². The number of hydrogen-bond donors (Lipinski definition) is 0. The molecule has 2 aliphatic rings. The number of rotatable bonds is 7. The van der Waals surface area contributed by atoms with Crippen LogP contribution in [-0.2, 0) is 21.7 Å². The molecular formula is C64H60N4O. The molecule has 0 atom stereocenters. The van der Waals surface area contributed by atoms with E-state index < -0.39 is 0 Å². The van der Waals surface area contributed by atoms with E-state index in [1.165, 1.54) is 62.9 Å². The van der Waals surface area contributed by atoms with Crippen LogP contribution in [0.3, 0.4) is 0 Å². The number of nitrogens with zero attached hydrogens (tertiary/aromatic N) is 4. The van der Waals surface area contributed by atoms with Gasteiger partial charge in [-0.2, -0.15) is 0 Å². The predicted molar refractivity (Wildman–Crippen MR) is 284 cm³/mol. The highest BCUT2D eigenvalue weighted by Gasteiger charge is 2.50. The molecule has 0 fully saturated rings. The molecular weight excluding hydrogens is 841 g/mol. The lowest BCUT2D eigenvalue weighted by Gasteiger charge is -2.53. The first kappa shape index (κ1) is 43.1. The molecule has 0 amide bonds. The lowest BCUT2D eigenvalue weighted by molar-refractivity contribution is -0.571. The molecule has 0 saturated carbocycles. The van der Waals surface area contributed by atoms with Crippen molar-refractivity contribution < 1.29 is 9.30 Å². The number of imidazole rings is 1. The van der Waals surface area contributed by atoms with Crippen LogP contribution in [0.1, 0.15) is 103 Å². The molecule has 0 unspecified atom stereocenters. The topological polar surface area (TPSA) is 35.9 Å². The summed E-state index contributed by atoms with van der Waals surface area (Å²) in [5.41, 5.74) is 17.4. The van der Waals surface area contributed by atoms with Crippen LogP contribution < -0.4 is 9.30 Å². The Hall–Kier alpha value is -7.24. The predicted octanol–water partition coefficient (Wildman–Crippen LogP) is 16.0. The zero-order chi connectivity index (χ0) is 47.5. The van der Waals surface area contributed by atoms with Crippen LogP contribution in [0.15, 0.2) is 170 Å². The van der Waals surface area contributed by atoms with Crippen molar-refractivity contribution in [2.24, 2.45) is 0 Å². The second kappa shape index (κ2) is 15.6. The van der Waals surface area contributed by atoms with E-state index in [1.54, 1.807) is 5.56 Å². The van der Waals surface area contributed by atoms with Gasteiger partial charge in [0, 0.05) is 23.0 Å². The third-order valence-electron chi connectivity index (χ3n) is 15.7. The first-order chi connectivity index (χ1) is 33.2. The summed E-state index contributed by atoms with van der Waals surface area (Å²) in [7, 11) is 0. The molecule has 10 aromatic rings. The Morgan fingerprint density at radius 2 is 1.14 bits per heavy atom. The molecule has 0 aliphatic heterocycles. The quantitative estimate of drug-likeness (QED) is 0.118. The molecule has 0 radical (unpaired) electrons. The molecule has 0 bridgehead atoms. The minimum atomic E-state index is -0.0545. The Morgan fingerprint density at radius 3 is 1.81 bits per heavy atom. The van der Waals surface area contributed by atoms with Gasteiger partial charge in [0.1, 0.15) is 17.3 Å². The van der Waals surface area contributed by atoms with E-state index in [2.05, 4.69) is 233 Å². The summed E-state index contributed by atoms with van der Waals surface area (Å²) in [4.78, 5) is 4.92. The van der Waals surface area contributed by atoms with Crippen LogP contribution >= 0.6 is 0 Å². The molecule has 342 valence electrons. The monoisotopic (exact) mass is 900 g/mol. The molecule has 0 N–H and O–H groups in total. The first-order valence-electron chi connectivity index (χ1n) is 24.8. The number of hydrogen-bond acceptors (Lipinski definition) is 2. The van der Waals surface area contributed by atoms with E-state index in [0.717, 1.165) is 63.3 Å². The maximum atomic E-state index is 6.87. The van der Waals surface area contributed by atoms with Gasteiger partial charge >= 0.3 is 0 Å². The number of ether oxygens (including phenoxy) is 1. The van der Waals surface area contributed by atoms with E-state index in [9.17, 15) is 0 Å². The zero-order valence-corrected chi connectivity index (χ0v) is 41.2. The van der Waals surface area contributed by atoms with Gasteiger partial charge in [0.25, 0.3) is 6.33 Å². The highest BCUT2D eigenvalue weighted by atomic mass is 16.5. The summed E-state index contributed by atoms with van der Waals surface area (Å²) in [6.07, 6.45) is 10.6. The van der Waals surface area contributed by atoms with Gasteiger partial charge in [0.15, 0.2) is 0 Å². The largest absolute Gasteiger partial charge is 0.458 e. The Morgan fingerprint density at radius 1 is 0.551 bits per heavy atom. The van der Waals surface area contributed by atoms with Crippen LogP contribution in [0, 0.1) is 6.33 Å². The Labute approximate surface area is 406 Å². The number of para-hydroxylation sites is 3. The van der Waals surface area contributed by atoms with Crippen LogP contribution in [0.2, 0.25) is 0 Å². The van der Waals surface area contributed by atoms with Crippen molar-refractivity contribution in [2.75, 3.05) is 0 Å². The van der Waals surface area contributed by atoms with Crippen molar-refractivity contribution in [1.82, 2.24) is 14.1 Å². The van der Waals surface area contributed by atoms with Crippen LogP contribution in [0.25, 0.3) is 72.3 Å². The van der Waals surface area contributed by atoms with Crippen LogP contribution in [-0.4, -0.2) is 14.1 Å². The summed E-state index contributed by atoms with van der Waals surface area (Å²) in [5.74, 6) is 2.40. The smallest absolute Gasteiger partial charge is 0.269 e. The highest BCUT2D eigenvalue weighted by Crippen LogP contribution is 2.61. The Kier molecular flexibility index (Phi) is 9.77. The van der Waals surface area contributed by atoms with Gasteiger partial charge in [-0.25, -0.2) is 4.98 Å². The average Bonchev–Trinajstić information content (AvgIpc) is 3.90. The second-order valence-electron chi connectivity index (χ2n) is 22.3. The van der Waals surface area contributed by atoms with Gasteiger partial charge in [-0.05, 0) is 140 Å². The fourth-order valence-electron chi connectivity index (χ4n) is 12.0. The number of fused-ring (bicyclic) bond motifs is 4. The maximum Gasteiger partial charge on any atom is 0.269 e. The van der Waals surface area contributed by atoms with Crippen LogP contribution in [0.4, 0.5) is 0 Å². The fraction of sp³-hybridized carbons (Fsp3) is 0.250. The van der Waals surface area contributed by atoms with Crippen molar-refractivity contribution >= 4 is 32.8 Å². The molecule has 12 rings (SSSR count). The summed E-state index contributed by atoms with van der Waals surface area (Å²) in [5, 5.41) is 2.34.